The second-order valence-electron chi connectivity index (χ2n) is 7.15. The molecule has 1 atom stereocenters. The molecule has 0 saturated heterocycles. The number of carbonyl (C=O) groups excluding carboxylic acids is 2. The predicted molar refractivity (Wildman–Crippen MR) is 121 cm³/mol. The maximum Gasteiger partial charge on any atom is 0.261 e. The summed E-state index contributed by atoms with van der Waals surface area (Å²) in [6.07, 6.45) is 0.475. The molecular weight excluding hydrogens is 423 g/mol. The van der Waals surface area contributed by atoms with Crippen molar-refractivity contribution in [1.29, 1.82) is 0 Å². The van der Waals surface area contributed by atoms with Crippen LogP contribution in [0.1, 0.15) is 37.0 Å². The monoisotopic (exact) mass is 450 g/mol. The molecule has 30 heavy (non-hydrogen) atoms. The van der Waals surface area contributed by atoms with E-state index in [4.69, 9.17) is 27.9 Å². The summed E-state index contributed by atoms with van der Waals surface area (Å²) < 4.78 is 5.78. The fourth-order valence-corrected chi connectivity index (χ4v) is 3.55. The molecule has 0 unspecified atom stereocenters. The summed E-state index contributed by atoms with van der Waals surface area (Å²) in [6.45, 7) is 8.20. The van der Waals surface area contributed by atoms with E-state index in [1.807, 2.05) is 45.9 Å². The van der Waals surface area contributed by atoms with E-state index in [0.29, 0.717) is 28.8 Å². The van der Waals surface area contributed by atoms with Crippen molar-refractivity contribution >= 4 is 35.0 Å². The van der Waals surface area contributed by atoms with Crippen LogP contribution < -0.4 is 10.1 Å². The summed E-state index contributed by atoms with van der Waals surface area (Å²) in [4.78, 5) is 27.3. The van der Waals surface area contributed by atoms with Crippen LogP contribution in [0.25, 0.3) is 0 Å². The first kappa shape index (κ1) is 24.0. The predicted octanol–water partition coefficient (Wildman–Crippen LogP) is 4.93. The van der Waals surface area contributed by atoms with Crippen molar-refractivity contribution in [2.75, 3.05) is 13.2 Å². The number of hydrogen-bond acceptors (Lipinski definition) is 3. The smallest absolute Gasteiger partial charge is 0.261 e. The number of nitrogens with zero attached hydrogens (tertiary/aromatic N) is 1. The Morgan fingerprint density at radius 1 is 1.07 bits per heavy atom. The number of halogens is 2. The van der Waals surface area contributed by atoms with Crippen molar-refractivity contribution in [2.24, 2.45) is 0 Å². The number of likely N-dealkylation sites (N-methyl/N-ethyl adjacent to an activating group) is 1. The molecule has 7 heteroatoms. The van der Waals surface area contributed by atoms with Crippen LogP contribution in [0.15, 0.2) is 36.4 Å². The summed E-state index contributed by atoms with van der Waals surface area (Å²) in [5.74, 6) is 0.175. The maximum absolute atomic E-state index is 13.1. The van der Waals surface area contributed by atoms with Gasteiger partial charge in [0.25, 0.3) is 5.91 Å². The van der Waals surface area contributed by atoms with Gasteiger partial charge in [0.05, 0.1) is 10.0 Å². The Morgan fingerprint density at radius 2 is 1.80 bits per heavy atom. The number of amides is 2. The van der Waals surface area contributed by atoms with Crippen LogP contribution in [0.2, 0.25) is 10.0 Å². The molecule has 162 valence electrons. The van der Waals surface area contributed by atoms with E-state index in [1.54, 1.807) is 18.2 Å². The molecule has 2 aromatic rings. The molecule has 0 radical (unpaired) electrons. The molecule has 0 heterocycles. The van der Waals surface area contributed by atoms with Crippen molar-refractivity contribution in [1.82, 2.24) is 10.2 Å². The van der Waals surface area contributed by atoms with Crippen molar-refractivity contribution < 1.29 is 14.3 Å². The van der Waals surface area contributed by atoms with Gasteiger partial charge < -0.3 is 15.0 Å². The minimum absolute atomic E-state index is 0.166. The van der Waals surface area contributed by atoms with Crippen molar-refractivity contribution in [3.8, 4) is 5.75 Å². The van der Waals surface area contributed by atoms with Gasteiger partial charge >= 0.3 is 0 Å². The second-order valence-corrected chi connectivity index (χ2v) is 7.96. The maximum atomic E-state index is 13.1. The number of ether oxygens (including phenoxy) is 1. The third kappa shape index (κ3) is 6.38. The summed E-state index contributed by atoms with van der Waals surface area (Å²) in [5.41, 5.74) is 2.86. The highest BCUT2D eigenvalue weighted by atomic mass is 35.5. The average Bonchev–Trinajstić information content (AvgIpc) is 2.70. The fraction of sp³-hybridized carbons (Fsp3) is 0.391. The first-order valence-corrected chi connectivity index (χ1v) is 10.7. The van der Waals surface area contributed by atoms with E-state index in [1.165, 1.54) is 4.90 Å². The van der Waals surface area contributed by atoms with Crippen LogP contribution in [0.4, 0.5) is 0 Å². The van der Waals surface area contributed by atoms with Gasteiger partial charge in [0.2, 0.25) is 5.91 Å². The lowest BCUT2D eigenvalue weighted by Gasteiger charge is -2.30. The molecule has 1 N–H and O–H groups in total. The van der Waals surface area contributed by atoms with Crippen molar-refractivity contribution in [2.45, 2.75) is 46.7 Å². The van der Waals surface area contributed by atoms with Crippen molar-refractivity contribution in [3.05, 3.63) is 63.1 Å². The van der Waals surface area contributed by atoms with Gasteiger partial charge in [-0.3, -0.25) is 9.59 Å². The van der Waals surface area contributed by atoms with Gasteiger partial charge in [-0.05, 0) is 56.5 Å². The lowest BCUT2D eigenvalue weighted by atomic mass is 10.1. The van der Waals surface area contributed by atoms with Gasteiger partial charge in [0.15, 0.2) is 6.61 Å². The van der Waals surface area contributed by atoms with Crippen LogP contribution in [0.5, 0.6) is 5.75 Å². The third-order valence-corrected chi connectivity index (χ3v) is 5.49. The van der Waals surface area contributed by atoms with Gasteiger partial charge in [-0.1, -0.05) is 53.9 Å². The highest BCUT2D eigenvalue weighted by Gasteiger charge is 2.28. The van der Waals surface area contributed by atoms with Gasteiger partial charge in [0.1, 0.15) is 11.8 Å². The average molecular weight is 451 g/mol. The standard InChI is InChI=1S/C23H28Cl2N2O3/c1-5-20(23(29)26-6-2)27(13-17-8-9-18(24)19(25)12-17)22(28)14-30-21-10-7-15(3)11-16(21)4/h7-12,20H,5-6,13-14H2,1-4H3,(H,26,29)/t20-/m1/s1. The van der Waals surface area contributed by atoms with E-state index < -0.39 is 6.04 Å². The lowest BCUT2D eigenvalue weighted by Crippen LogP contribution is -2.50. The first-order valence-electron chi connectivity index (χ1n) is 9.97. The molecule has 0 bridgehead atoms. The fourth-order valence-electron chi connectivity index (χ4n) is 3.23. The Bertz CT molecular complexity index is 902. The first-order chi connectivity index (χ1) is 14.3. The van der Waals surface area contributed by atoms with E-state index in [0.717, 1.165) is 16.7 Å². The van der Waals surface area contributed by atoms with Crippen LogP contribution in [0.3, 0.4) is 0 Å². The zero-order valence-corrected chi connectivity index (χ0v) is 19.3. The molecule has 5 nitrogen and oxygen atoms in total. The second kappa shape index (κ2) is 11.2. The molecule has 0 fully saturated rings. The van der Waals surface area contributed by atoms with Gasteiger partial charge in [-0.15, -0.1) is 0 Å². The normalized spacial score (nSPS) is 11.7. The van der Waals surface area contributed by atoms with Gasteiger partial charge in [-0.2, -0.15) is 0 Å². The Morgan fingerprint density at radius 3 is 2.40 bits per heavy atom. The number of carbonyl (C=O) groups is 2. The molecule has 2 aromatic carbocycles. The molecule has 2 rings (SSSR count). The van der Waals surface area contributed by atoms with Crippen LogP contribution in [-0.4, -0.2) is 35.9 Å². The SMILES string of the molecule is CCNC(=O)[C@@H](CC)N(Cc1ccc(Cl)c(Cl)c1)C(=O)COc1ccc(C)cc1C. The minimum atomic E-state index is -0.616. The lowest BCUT2D eigenvalue weighted by molar-refractivity contribution is -0.142. The molecule has 2 amide bonds. The minimum Gasteiger partial charge on any atom is -0.483 e. The van der Waals surface area contributed by atoms with E-state index in [-0.39, 0.29) is 25.0 Å². The highest BCUT2D eigenvalue weighted by Crippen LogP contribution is 2.24. The number of rotatable bonds is 9. The number of hydrogen-bond donors (Lipinski definition) is 1. The summed E-state index contributed by atoms with van der Waals surface area (Å²) in [5, 5.41) is 3.65. The summed E-state index contributed by atoms with van der Waals surface area (Å²) >= 11 is 12.1. The zero-order chi connectivity index (χ0) is 22.3. The number of nitrogens with one attached hydrogen (secondary N) is 1. The van der Waals surface area contributed by atoms with Crippen LogP contribution in [0, 0.1) is 13.8 Å². The largest absolute Gasteiger partial charge is 0.483 e. The van der Waals surface area contributed by atoms with Gasteiger partial charge in [-0.25, -0.2) is 0 Å². The van der Waals surface area contributed by atoms with E-state index in [9.17, 15) is 9.59 Å². The van der Waals surface area contributed by atoms with E-state index >= 15 is 0 Å². The highest BCUT2D eigenvalue weighted by molar-refractivity contribution is 6.42. The third-order valence-electron chi connectivity index (χ3n) is 4.76. The molecule has 0 aliphatic heterocycles. The Hall–Kier alpha value is -2.24. The molecule has 0 aromatic heterocycles. The molecule has 0 saturated carbocycles. The Balaban J connectivity index is 2.24. The summed E-state index contributed by atoms with van der Waals surface area (Å²) in [7, 11) is 0. The number of benzene rings is 2. The summed E-state index contributed by atoms with van der Waals surface area (Å²) in [6, 6.07) is 10.3. The van der Waals surface area contributed by atoms with Gasteiger partial charge in [0, 0.05) is 13.1 Å². The van der Waals surface area contributed by atoms with Crippen LogP contribution >= 0.6 is 23.2 Å². The topological polar surface area (TPSA) is 58.6 Å². The molecule has 0 aliphatic rings. The number of aryl methyl sites for hydroxylation is 2. The zero-order valence-electron chi connectivity index (χ0n) is 17.8. The van der Waals surface area contributed by atoms with Crippen LogP contribution in [-0.2, 0) is 16.1 Å². The van der Waals surface area contributed by atoms with Crippen molar-refractivity contribution in [3.63, 3.8) is 0 Å². The molecule has 0 spiro atoms. The molecular formula is C23H28Cl2N2O3. The van der Waals surface area contributed by atoms with E-state index in [2.05, 4.69) is 5.32 Å². The Kier molecular flexibility index (Phi) is 9.00. The quantitative estimate of drug-likeness (QED) is 0.588. The molecule has 0 aliphatic carbocycles. The Labute approximate surface area is 188 Å².